The zero-order valence-electron chi connectivity index (χ0n) is 11.8. The van der Waals surface area contributed by atoms with Crippen LogP contribution < -0.4 is 9.80 Å². The quantitative estimate of drug-likeness (QED) is 0.817. The summed E-state index contributed by atoms with van der Waals surface area (Å²) in [5.41, 5.74) is 1.73. The third-order valence-corrected chi connectivity index (χ3v) is 4.65. The number of nitrogens with zero attached hydrogens (tertiary/aromatic N) is 4. The van der Waals surface area contributed by atoms with Crippen LogP contribution in [0.15, 0.2) is 6.20 Å². The fourth-order valence-electron chi connectivity index (χ4n) is 3.32. The summed E-state index contributed by atoms with van der Waals surface area (Å²) in [6.45, 7) is 6.66. The molecule has 1 aromatic rings. The van der Waals surface area contributed by atoms with Gasteiger partial charge in [0, 0.05) is 38.9 Å². The molecule has 0 N–H and O–H groups in total. The molecule has 0 bridgehead atoms. The van der Waals surface area contributed by atoms with Gasteiger partial charge in [0.2, 0.25) is 5.95 Å². The van der Waals surface area contributed by atoms with E-state index in [0.717, 1.165) is 36.3 Å². The van der Waals surface area contributed by atoms with Gasteiger partial charge in [-0.3, -0.25) is 0 Å². The molecule has 2 unspecified atom stereocenters. The number of rotatable bonds is 3. The number of aromatic nitrogens is 2. The van der Waals surface area contributed by atoms with E-state index < -0.39 is 0 Å². The number of aryl methyl sites for hydroxylation is 1. The second-order valence-corrected chi connectivity index (χ2v) is 6.07. The minimum atomic E-state index is 0.590. The van der Waals surface area contributed by atoms with Crippen molar-refractivity contribution < 1.29 is 0 Å². The molecule has 4 heteroatoms. The fraction of sp³-hybridized carbons (Fsp3) is 0.714. The van der Waals surface area contributed by atoms with E-state index >= 15 is 0 Å². The van der Waals surface area contributed by atoms with Crippen LogP contribution in [-0.4, -0.2) is 37.2 Å². The van der Waals surface area contributed by atoms with Gasteiger partial charge in [0.25, 0.3) is 0 Å². The highest BCUT2D eigenvalue weighted by Crippen LogP contribution is 2.60. The maximum absolute atomic E-state index is 4.71. The Kier molecular flexibility index (Phi) is 2.50. The third-order valence-electron chi connectivity index (χ3n) is 4.65. The van der Waals surface area contributed by atoms with Crippen LogP contribution in [0.25, 0.3) is 0 Å². The van der Waals surface area contributed by atoms with Crippen LogP contribution in [0.5, 0.6) is 0 Å². The minimum absolute atomic E-state index is 0.590. The van der Waals surface area contributed by atoms with Crippen LogP contribution in [0.2, 0.25) is 0 Å². The Morgan fingerprint density at radius 3 is 2.89 bits per heavy atom. The highest BCUT2D eigenvalue weighted by atomic mass is 15.3. The maximum atomic E-state index is 4.71. The van der Waals surface area contributed by atoms with Gasteiger partial charge in [-0.2, -0.15) is 4.98 Å². The van der Waals surface area contributed by atoms with E-state index in [1.54, 1.807) is 0 Å². The Balaban J connectivity index is 1.84. The van der Waals surface area contributed by atoms with Crippen molar-refractivity contribution in [3.05, 3.63) is 11.8 Å². The standard InChI is InChI=1S/C14H22N4/c1-5-14-6-11(14)8-18(9-14)13-15-7-10(2)12(16-13)17(3)4/h7,11H,5-6,8-9H2,1-4H3. The molecule has 1 saturated carbocycles. The lowest BCUT2D eigenvalue weighted by Crippen LogP contribution is -2.27. The van der Waals surface area contributed by atoms with E-state index in [4.69, 9.17) is 4.98 Å². The Bertz CT molecular complexity index is 467. The average Bonchev–Trinajstić information content (AvgIpc) is 2.92. The molecular formula is C14H22N4. The summed E-state index contributed by atoms with van der Waals surface area (Å²) in [5, 5.41) is 0. The highest BCUT2D eigenvalue weighted by molar-refractivity contribution is 5.49. The van der Waals surface area contributed by atoms with Crippen molar-refractivity contribution >= 4 is 11.8 Å². The SMILES string of the molecule is CCC12CC1CN(c1ncc(C)c(N(C)C)n1)C2. The molecule has 1 aliphatic heterocycles. The maximum Gasteiger partial charge on any atom is 0.227 e. The predicted octanol–water partition coefficient (Wildman–Crippen LogP) is 2.09. The van der Waals surface area contributed by atoms with Crippen molar-refractivity contribution in [2.24, 2.45) is 11.3 Å². The van der Waals surface area contributed by atoms with Gasteiger partial charge in [0.15, 0.2) is 0 Å². The van der Waals surface area contributed by atoms with E-state index in [1.807, 2.05) is 20.3 Å². The minimum Gasteiger partial charge on any atom is -0.362 e. The first kappa shape index (κ1) is 11.8. The third kappa shape index (κ3) is 1.66. The molecule has 0 radical (unpaired) electrons. The van der Waals surface area contributed by atoms with E-state index in [9.17, 15) is 0 Å². The van der Waals surface area contributed by atoms with Gasteiger partial charge in [0.05, 0.1) is 0 Å². The van der Waals surface area contributed by atoms with Crippen molar-refractivity contribution in [1.82, 2.24) is 9.97 Å². The van der Waals surface area contributed by atoms with Crippen molar-refractivity contribution in [3.8, 4) is 0 Å². The molecule has 4 nitrogen and oxygen atoms in total. The molecular weight excluding hydrogens is 224 g/mol. The van der Waals surface area contributed by atoms with Crippen LogP contribution in [-0.2, 0) is 0 Å². The average molecular weight is 246 g/mol. The smallest absolute Gasteiger partial charge is 0.227 e. The zero-order chi connectivity index (χ0) is 12.9. The van der Waals surface area contributed by atoms with Crippen molar-refractivity contribution in [1.29, 1.82) is 0 Å². The topological polar surface area (TPSA) is 32.3 Å². The second kappa shape index (κ2) is 3.84. The lowest BCUT2D eigenvalue weighted by molar-refractivity contribution is 0.508. The van der Waals surface area contributed by atoms with Crippen molar-refractivity contribution in [2.75, 3.05) is 37.0 Å². The second-order valence-electron chi connectivity index (χ2n) is 6.07. The zero-order valence-corrected chi connectivity index (χ0v) is 11.8. The lowest BCUT2D eigenvalue weighted by Gasteiger charge is -2.22. The van der Waals surface area contributed by atoms with Gasteiger partial charge < -0.3 is 9.80 Å². The van der Waals surface area contributed by atoms with E-state index in [0.29, 0.717) is 5.41 Å². The van der Waals surface area contributed by atoms with Crippen LogP contribution in [0.1, 0.15) is 25.3 Å². The summed E-state index contributed by atoms with van der Waals surface area (Å²) in [4.78, 5) is 13.7. The summed E-state index contributed by atoms with van der Waals surface area (Å²) in [5.74, 6) is 2.82. The molecule has 2 heterocycles. The van der Waals surface area contributed by atoms with E-state index in [1.165, 1.54) is 12.8 Å². The van der Waals surface area contributed by atoms with E-state index in [2.05, 4.69) is 28.6 Å². The van der Waals surface area contributed by atoms with Gasteiger partial charge in [-0.1, -0.05) is 6.92 Å². The van der Waals surface area contributed by atoms with Gasteiger partial charge in [-0.05, 0) is 31.1 Å². The number of hydrogen-bond acceptors (Lipinski definition) is 4. The number of hydrogen-bond donors (Lipinski definition) is 0. The summed E-state index contributed by atoms with van der Waals surface area (Å²) in [6, 6.07) is 0. The fourth-order valence-corrected chi connectivity index (χ4v) is 3.32. The molecule has 2 fully saturated rings. The van der Waals surface area contributed by atoms with Gasteiger partial charge in [-0.25, -0.2) is 4.98 Å². The summed E-state index contributed by atoms with van der Waals surface area (Å²) in [6.07, 6.45) is 4.65. The molecule has 18 heavy (non-hydrogen) atoms. The summed E-state index contributed by atoms with van der Waals surface area (Å²) in [7, 11) is 4.07. The van der Waals surface area contributed by atoms with Crippen LogP contribution in [0, 0.1) is 18.3 Å². The largest absolute Gasteiger partial charge is 0.362 e. The Labute approximate surface area is 109 Å². The molecule has 2 atom stereocenters. The Hall–Kier alpha value is -1.32. The molecule has 0 amide bonds. The molecule has 3 rings (SSSR count). The highest BCUT2D eigenvalue weighted by Gasteiger charge is 2.58. The molecule has 0 aromatic carbocycles. The van der Waals surface area contributed by atoms with Gasteiger partial charge in [-0.15, -0.1) is 0 Å². The number of piperidine rings is 1. The first-order chi connectivity index (χ1) is 8.55. The van der Waals surface area contributed by atoms with Gasteiger partial charge >= 0.3 is 0 Å². The molecule has 1 aliphatic carbocycles. The predicted molar refractivity (Wildman–Crippen MR) is 74.1 cm³/mol. The van der Waals surface area contributed by atoms with Crippen molar-refractivity contribution in [3.63, 3.8) is 0 Å². The first-order valence-corrected chi connectivity index (χ1v) is 6.81. The Morgan fingerprint density at radius 1 is 1.50 bits per heavy atom. The van der Waals surface area contributed by atoms with Crippen LogP contribution in [0.3, 0.4) is 0 Å². The monoisotopic (exact) mass is 246 g/mol. The Morgan fingerprint density at radius 2 is 2.28 bits per heavy atom. The molecule has 2 aliphatic rings. The van der Waals surface area contributed by atoms with Crippen molar-refractivity contribution in [2.45, 2.75) is 26.7 Å². The first-order valence-electron chi connectivity index (χ1n) is 6.81. The number of anilines is 2. The summed E-state index contributed by atoms with van der Waals surface area (Å²) < 4.78 is 0. The number of fused-ring (bicyclic) bond motifs is 1. The van der Waals surface area contributed by atoms with Gasteiger partial charge in [0.1, 0.15) is 5.82 Å². The molecule has 0 spiro atoms. The van der Waals surface area contributed by atoms with Crippen LogP contribution >= 0.6 is 0 Å². The molecule has 1 saturated heterocycles. The summed E-state index contributed by atoms with van der Waals surface area (Å²) >= 11 is 0. The molecule has 98 valence electrons. The van der Waals surface area contributed by atoms with E-state index in [-0.39, 0.29) is 0 Å². The lowest BCUT2D eigenvalue weighted by atomic mass is 10.0. The van der Waals surface area contributed by atoms with Crippen LogP contribution in [0.4, 0.5) is 11.8 Å². The molecule has 1 aromatic heterocycles. The normalized spacial score (nSPS) is 29.3.